The molecule has 0 spiro atoms. The van der Waals surface area contributed by atoms with Crippen molar-refractivity contribution in [1.82, 2.24) is 5.32 Å². The van der Waals surface area contributed by atoms with Crippen LogP contribution in [0.15, 0.2) is 109 Å². The molecule has 0 saturated carbocycles. The van der Waals surface area contributed by atoms with Crippen molar-refractivity contribution in [3.63, 3.8) is 0 Å². The van der Waals surface area contributed by atoms with Crippen molar-refractivity contribution in [2.24, 2.45) is 0 Å². The number of rotatable bonds is 57. The number of ether oxygens (including phenoxy) is 1. The Kier molecular flexibility index (Phi) is 55.4. The van der Waals surface area contributed by atoms with Gasteiger partial charge >= 0.3 is 5.97 Å². The first-order valence-electron chi connectivity index (χ1n) is 32.2. The highest BCUT2D eigenvalue weighted by molar-refractivity contribution is 7.45. The van der Waals surface area contributed by atoms with Gasteiger partial charge in [-0.3, -0.25) is 14.2 Å². The number of quaternary nitrogens is 1. The molecule has 0 fully saturated rings. The van der Waals surface area contributed by atoms with Gasteiger partial charge in [0.2, 0.25) is 5.91 Å². The molecule has 0 aliphatic rings. The summed E-state index contributed by atoms with van der Waals surface area (Å²) in [5.74, 6) is -0.574. The molecule has 0 aromatic heterocycles. The summed E-state index contributed by atoms with van der Waals surface area (Å²) < 4.78 is 30.3. The molecule has 0 aromatic carbocycles. The lowest BCUT2D eigenvalue weighted by atomic mass is 10.0. The van der Waals surface area contributed by atoms with E-state index in [9.17, 15) is 19.0 Å². The molecule has 1 N–H and O–H groups in total. The van der Waals surface area contributed by atoms with Crippen LogP contribution in [0.25, 0.3) is 0 Å². The van der Waals surface area contributed by atoms with Gasteiger partial charge < -0.3 is 28.5 Å². The number of likely N-dealkylation sites (N-methyl/N-ethyl adjacent to an activating group) is 1. The highest BCUT2D eigenvalue weighted by atomic mass is 31.2. The number of esters is 1. The maximum Gasteiger partial charge on any atom is 0.306 e. The lowest BCUT2D eigenvalue weighted by molar-refractivity contribution is -0.870. The largest absolute Gasteiger partial charge is 0.756 e. The van der Waals surface area contributed by atoms with Crippen LogP contribution >= 0.6 is 7.82 Å². The Morgan fingerprint density at radius 2 is 0.810 bits per heavy atom. The number of phosphoric acid groups is 1. The topological polar surface area (TPSA) is 114 Å². The molecule has 0 saturated heterocycles. The number of phosphoric ester groups is 1. The Hall–Kier alpha value is -3.33. The molecule has 79 heavy (non-hydrogen) atoms. The van der Waals surface area contributed by atoms with Crippen LogP contribution in [-0.2, 0) is 27.9 Å². The lowest BCUT2D eigenvalue weighted by Gasteiger charge is -2.30. The smallest absolute Gasteiger partial charge is 0.306 e. The van der Waals surface area contributed by atoms with E-state index in [-0.39, 0.29) is 24.9 Å². The van der Waals surface area contributed by atoms with Crippen LogP contribution in [0.1, 0.15) is 265 Å². The van der Waals surface area contributed by atoms with Crippen LogP contribution in [-0.4, -0.2) is 69.4 Å². The fraction of sp³-hybridized carbons (Fsp3) is 0.710. The number of hydrogen-bond acceptors (Lipinski definition) is 7. The molecular formula is C69H121N2O7P. The van der Waals surface area contributed by atoms with E-state index < -0.39 is 26.6 Å². The predicted octanol–water partition coefficient (Wildman–Crippen LogP) is 19.5. The summed E-state index contributed by atoms with van der Waals surface area (Å²) in [5, 5.41) is 3.02. The summed E-state index contributed by atoms with van der Waals surface area (Å²) in [6, 6.07) is -0.905. The van der Waals surface area contributed by atoms with Gasteiger partial charge in [0.25, 0.3) is 7.82 Å². The van der Waals surface area contributed by atoms with E-state index >= 15 is 0 Å². The molecule has 0 rings (SSSR count). The van der Waals surface area contributed by atoms with Crippen molar-refractivity contribution in [2.75, 3.05) is 40.9 Å². The quantitative estimate of drug-likeness (QED) is 0.0212. The molecule has 0 aromatic rings. The van der Waals surface area contributed by atoms with Gasteiger partial charge in [-0.25, -0.2) is 0 Å². The predicted molar refractivity (Wildman–Crippen MR) is 339 cm³/mol. The Morgan fingerprint density at radius 1 is 0.456 bits per heavy atom. The van der Waals surface area contributed by atoms with Crippen molar-refractivity contribution in [3.8, 4) is 0 Å². The van der Waals surface area contributed by atoms with Gasteiger partial charge in [-0.2, -0.15) is 0 Å². The summed E-state index contributed by atoms with van der Waals surface area (Å²) in [7, 11) is 1.16. The molecule has 454 valence electrons. The van der Waals surface area contributed by atoms with Crippen LogP contribution in [0.2, 0.25) is 0 Å². The molecule has 0 aliphatic carbocycles. The summed E-state index contributed by atoms with van der Waals surface area (Å²) in [6.45, 7) is 6.59. The van der Waals surface area contributed by atoms with Crippen molar-refractivity contribution in [1.29, 1.82) is 0 Å². The van der Waals surface area contributed by atoms with E-state index in [0.717, 1.165) is 128 Å². The Bertz CT molecular complexity index is 1720. The maximum atomic E-state index is 13.6. The number of carbonyl (C=O) groups excluding carboxylic acids is 2. The lowest BCUT2D eigenvalue weighted by Crippen LogP contribution is -2.47. The van der Waals surface area contributed by atoms with Crippen molar-refractivity contribution < 1.29 is 37.3 Å². The van der Waals surface area contributed by atoms with Gasteiger partial charge in [-0.15, -0.1) is 0 Å². The molecule has 1 amide bonds. The molecule has 0 bridgehead atoms. The Balaban J connectivity index is 5.11. The maximum absolute atomic E-state index is 13.6. The normalized spacial score (nSPS) is 14.4. The molecule has 0 heterocycles. The standard InChI is InChI=1S/C69H121N2O7P/c1-7-10-13-16-19-22-25-28-30-31-32-33-34-35-36-37-38-39-40-41-42-43-46-49-52-55-58-61-68(72)70-66(65-77-79(74,75)76-64-63-71(4,5)6)67(60-57-54-51-48-45-27-24-21-18-15-12-9-3)78-69(73)62-59-56-53-50-47-44-29-26-23-20-17-14-11-8-2/h10-11,13-14,19-20,22-23,28-30,32-33,35-36,44,57,60,66-67H,7-9,12,15-18,21,24-27,31,34,37-43,45-56,58-59,61-65H2,1-6H3,(H-,70,72,74,75)/b13-10-,14-11+,22-19-,23-20+,30-28-,33-32-,36-35-,44-29+,60-57-. The number of nitrogens with zero attached hydrogens (tertiary/aromatic N) is 1. The summed E-state index contributed by atoms with van der Waals surface area (Å²) >= 11 is 0. The number of unbranched alkanes of at least 4 members (excludes halogenated alkanes) is 25. The van der Waals surface area contributed by atoms with Crippen molar-refractivity contribution >= 4 is 19.7 Å². The van der Waals surface area contributed by atoms with E-state index in [4.69, 9.17) is 13.8 Å². The monoisotopic (exact) mass is 1120 g/mol. The average Bonchev–Trinajstić information content (AvgIpc) is 3.41. The van der Waals surface area contributed by atoms with E-state index in [1.165, 1.54) is 96.3 Å². The van der Waals surface area contributed by atoms with Crippen molar-refractivity contribution in [3.05, 3.63) is 109 Å². The fourth-order valence-corrected chi connectivity index (χ4v) is 9.52. The highest BCUT2D eigenvalue weighted by Gasteiger charge is 2.27. The van der Waals surface area contributed by atoms with Gasteiger partial charge in [0, 0.05) is 12.8 Å². The summed E-state index contributed by atoms with van der Waals surface area (Å²) in [5.41, 5.74) is 0. The Labute approximate surface area is 487 Å². The molecule has 9 nitrogen and oxygen atoms in total. The average molecular weight is 1120 g/mol. The zero-order chi connectivity index (χ0) is 57.9. The first kappa shape index (κ1) is 75.7. The molecule has 0 radical (unpaired) electrons. The van der Waals surface area contributed by atoms with Crippen LogP contribution in [0, 0.1) is 0 Å². The van der Waals surface area contributed by atoms with E-state index in [1.807, 2.05) is 33.3 Å². The fourth-order valence-electron chi connectivity index (χ4n) is 8.80. The molecule has 0 aliphatic heterocycles. The van der Waals surface area contributed by atoms with E-state index in [2.05, 4.69) is 123 Å². The van der Waals surface area contributed by atoms with Crippen LogP contribution in [0.5, 0.6) is 0 Å². The minimum absolute atomic E-state index is 0.0315. The SMILES string of the molecule is CC/C=C\C/C=C\C/C=C\C/C=C\C/C=C\CCCCCCCCCCCCCC(=O)NC(COP(=O)([O-])OCC[N+](C)(C)C)C(/C=C\CCCCCCCCCCCC)OC(=O)CCCCCC/C=C/C/C=C/C/C=C/CC. The second-order valence-corrected chi connectivity index (χ2v) is 23.9. The first-order valence-corrected chi connectivity index (χ1v) is 33.7. The summed E-state index contributed by atoms with van der Waals surface area (Å²) in [4.78, 5) is 40.0. The number of carbonyl (C=O) groups is 2. The number of allylic oxidation sites excluding steroid dienone is 17. The minimum Gasteiger partial charge on any atom is -0.756 e. The first-order chi connectivity index (χ1) is 38.4. The van der Waals surface area contributed by atoms with Crippen molar-refractivity contribution in [2.45, 2.75) is 277 Å². The van der Waals surface area contributed by atoms with Crippen LogP contribution in [0.3, 0.4) is 0 Å². The van der Waals surface area contributed by atoms with Gasteiger partial charge in [-0.1, -0.05) is 252 Å². The number of amides is 1. The van der Waals surface area contributed by atoms with Crippen LogP contribution in [0.4, 0.5) is 0 Å². The van der Waals surface area contributed by atoms with Gasteiger partial charge in [0.1, 0.15) is 19.3 Å². The Morgan fingerprint density at radius 3 is 1.22 bits per heavy atom. The zero-order valence-electron chi connectivity index (χ0n) is 51.8. The third-order valence-corrected chi connectivity index (χ3v) is 14.7. The minimum atomic E-state index is -4.71. The third kappa shape index (κ3) is 59.1. The number of nitrogens with one attached hydrogen (secondary N) is 1. The second-order valence-electron chi connectivity index (χ2n) is 22.5. The molecule has 10 heteroatoms. The molecule has 3 atom stereocenters. The van der Waals surface area contributed by atoms with Gasteiger partial charge in [-0.05, 0) is 109 Å². The zero-order valence-corrected chi connectivity index (χ0v) is 52.7. The second kappa shape index (κ2) is 57.9. The number of hydrogen-bond donors (Lipinski definition) is 1. The molecular weight excluding hydrogens is 1000 g/mol. The van der Waals surface area contributed by atoms with Gasteiger partial charge in [0.05, 0.1) is 33.8 Å². The highest BCUT2D eigenvalue weighted by Crippen LogP contribution is 2.38. The molecule has 3 unspecified atom stereocenters. The third-order valence-electron chi connectivity index (χ3n) is 13.7. The van der Waals surface area contributed by atoms with E-state index in [0.29, 0.717) is 23.9 Å². The summed E-state index contributed by atoms with van der Waals surface area (Å²) in [6.07, 6.45) is 79.2. The van der Waals surface area contributed by atoms with E-state index in [1.54, 1.807) is 0 Å². The van der Waals surface area contributed by atoms with Crippen LogP contribution < -0.4 is 10.2 Å². The van der Waals surface area contributed by atoms with Gasteiger partial charge in [0.15, 0.2) is 0 Å².